The van der Waals surface area contributed by atoms with E-state index in [0.717, 1.165) is 0 Å². The number of rotatable bonds is 4. The fraction of sp³-hybridized carbons (Fsp3) is 0.333. The van der Waals surface area contributed by atoms with Crippen LogP contribution in [0.25, 0.3) is 0 Å². The van der Waals surface area contributed by atoms with Crippen LogP contribution in [0.4, 0.5) is 5.82 Å². The highest BCUT2D eigenvalue weighted by Gasteiger charge is 2.08. The quantitative estimate of drug-likeness (QED) is 0.468. The topological polar surface area (TPSA) is 87.9 Å². The lowest BCUT2D eigenvalue weighted by molar-refractivity contribution is -0.138. The van der Waals surface area contributed by atoms with Gasteiger partial charge in [0.1, 0.15) is 24.0 Å². The Hall–Kier alpha value is -1.81. The van der Waals surface area contributed by atoms with Crippen molar-refractivity contribution in [3.8, 4) is 6.07 Å². The zero-order valence-electron chi connectivity index (χ0n) is 8.85. The van der Waals surface area contributed by atoms with E-state index in [-0.39, 0.29) is 6.54 Å². The van der Waals surface area contributed by atoms with Crippen molar-refractivity contribution in [3.05, 3.63) is 11.8 Å². The van der Waals surface area contributed by atoms with E-state index in [4.69, 9.17) is 5.26 Å². The first kappa shape index (κ1) is 12.3. The van der Waals surface area contributed by atoms with Crippen molar-refractivity contribution in [1.29, 1.82) is 5.26 Å². The average Bonchev–Trinajstić information content (AvgIpc) is 2.35. The summed E-state index contributed by atoms with van der Waals surface area (Å²) >= 11 is 1.35. The Labute approximate surface area is 97.0 Å². The zero-order chi connectivity index (χ0) is 12.0. The van der Waals surface area contributed by atoms with E-state index in [1.165, 1.54) is 25.1 Å². The lowest BCUT2D eigenvalue weighted by atomic mass is 10.3. The molecular formula is C9H10N4O2S. The third kappa shape index (κ3) is 3.10. The summed E-state index contributed by atoms with van der Waals surface area (Å²) in [5, 5.41) is 12.1. The van der Waals surface area contributed by atoms with E-state index in [1.54, 1.807) is 0 Å². The number of ether oxygens (including phenoxy) is 1. The van der Waals surface area contributed by atoms with Crippen LogP contribution in [0, 0.1) is 11.3 Å². The average molecular weight is 238 g/mol. The highest BCUT2D eigenvalue weighted by atomic mass is 32.2. The third-order valence-electron chi connectivity index (χ3n) is 1.70. The number of methoxy groups -OCH3 is 1. The molecule has 0 aliphatic heterocycles. The summed E-state index contributed by atoms with van der Waals surface area (Å²) in [6.45, 7) is -0.0317. The SMILES string of the molecule is COC(=O)CNc1nc(SC)ncc1C#N. The summed E-state index contributed by atoms with van der Waals surface area (Å²) < 4.78 is 4.47. The fourth-order valence-electron chi connectivity index (χ4n) is 0.909. The molecule has 7 heteroatoms. The molecule has 1 heterocycles. The van der Waals surface area contributed by atoms with Crippen LogP contribution in [-0.4, -0.2) is 35.8 Å². The number of hydrogen-bond acceptors (Lipinski definition) is 7. The molecule has 0 aliphatic rings. The maximum Gasteiger partial charge on any atom is 0.325 e. The maximum absolute atomic E-state index is 10.9. The van der Waals surface area contributed by atoms with Gasteiger partial charge in [0.15, 0.2) is 5.16 Å². The highest BCUT2D eigenvalue weighted by molar-refractivity contribution is 7.98. The molecule has 0 radical (unpaired) electrons. The van der Waals surface area contributed by atoms with Crippen molar-refractivity contribution in [2.24, 2.45) is 0 Å². The molecule has 0 atom stereocenters. The minimum atomic E-state index is -0.423. The van der Waals surface area contributed by atoms with E-state index in [0.29, 0.717) is 16.5 Å². The van der Waals surface area contributed by atoms with E-state index in [1.807, 2.05) is 12.3 Å². The van der Waals surface area contributed by atoms with Crippen LogP contribution < -0.4 is 5.32 Å². The smallest absolute Gasteiger partial charge is 0.325 e. The highest BCUT2D eigenvalue weighted by Crippen LogP contribution is 2.15. The fourth-order valence-corrected chi connectivity index (χ4v) is 1.25. The molecule has 6 nitrogen and oxygen atoms in total. The molecule has 0 spiro atoms. The number of anilines is 1. The summed E-state index contributed by atoms with van der Waals surface area (Å²) in [6.07, 6.45) is 3.24. The molecule has 1 aromatic heterocycles. The lowest BCUT2D eigenvalue weighted by Crippen LogP contribution is -2.16. The number of nitrogens with one attached hydrogen (secondary N) is 1. The Bertz CT molecular complexity index is 430. The molecule has 1 rings (SSSR count). The molecule has 0 aromatic carbocycles. The van der Waals surface area contributed by atoms with Gasteiger partial charge in [-0.3, -0.25) is 4.79 Å². The second kappa shape index (κ2) is 5.92. The van der Waals surface area contributed by atoms with E-state index in [9.17, 15) is 4.79 Å². The van der Waals surface area contributed by atoms with Crippen molar-refractivity contribution in [3.63, 3.8) is 0 Å². The van der Waals surface area contributed by atoms with Gasteiger partial charge in [-0.1, -0.05) is 11.8 Å². The summed E-state index contributed by atoms with van der Waals surface area (Å²) in [4.78, 5) is 19.0. The molecule has 1 aromatic rings. The van der Waals surface area contributed by atoms with Crippen LogP contribution >= 0.6 is 11.8 Å². The van der Waals surface area contributed by atoms with Gasteiger partial charge in [-0.05, 0) is 6.26 Å². The molecule has 84 valence electrons. The Morgan fingerprint density at radius 2 is 2.50 bits per heavy atom. The second-order valence-electron chi connectivity index (χ2n) is 2.66. The van der Waals surface area contributed by atoms with Crippen molar-refractivity contribution in [1.82, 2.24) is 9.97 Å². The molecule has 16 heavy (non-hydrogen) atoms. The van der Waals surface area contributed by atoms with Crippen LogP contribution in [0.3, 0.4) is 0 Å². The van der Waals surface area contributed by atoms with Crippen molar-refractivity contribution in [2.45, 2.75) is 5.16 Å². The predicted octanol–water partition coefficient (Wildman–Crippen LogP) is 0.655. The third-order valence-corrected chi connectivity index (χ3v) is 2.26. The summed E-state index contributed by atoms with van der Waals surface area (Å²) in [5.41, 5.74) is 0.293. The number of nitrogens with zero attached hydrogens (tertiary/aromatic N) is 3. The number of thioether (sulfide) groups is 1. The zero-order valence-corrected chi connectivity index (χ0v) is 9.67. The van der Waals surface area contributed by atoms with E-state index in [2.05, 4.69) is 20.0 Å². The number of carbonyl (C=O) groups excluding carboxylic acids is 1. The molecular weight excluding hydrogens is 228 g/mol. The van der Waals surface area contributed by atoms with Crippen LogP contribution in [0.1, 0.15) is 5.56 Å². The Kier molecular flexibility index (Phi) is 4.54. The van der Waals surface area contributed by atoms with Crippen LogP contribution in [0.15, 0.2) is 11.4 Å². The molecule has 0 bridgehead atoms. The predicted molar refractivity (Wildman–Crippen MR) is 59.0 cm³/mol. The van der Waals surface area contributed by atoms with Crippen LogP contribution in [0.5, 0.6) is 0 Å². The number of nitriles is 1. The monoisotopic (exact) mass is 238 g/mol. The van der Waals surface area contributed by atoms with Gasteiger partial charge in [0.05, 0.1) is 13.3 Å². The van der Waals surface area contributed by atoms with Crippen molar-refractivity contribution < 1.29 is 9.53 Å². The standard InChI is InChI=1S/C9H10N4O2S/c1-15-7(14)5-11-8-6(3-10)4-12-9(13-8)16-2/h4H,5H2,1-2H3,(H,11,12,13). The van der Waals surface area contributed by atoms with E-state index >= 15 is 0 Å². The van der Waals surface area contributed by atoms with Gasteiger partial charge >= 0.3 is 5.97 Å². The summed E-state index contributed by atoms with van der Waals surface area (Å²) in [6, 6.07) is 1.94. The number of hydrogen-bond donors (Lipinski definition) is 1. The molecule has 0 saturated carbocycles. The first-order valence-electron chi connectivity index (χ1n) is 4.33. The van der Waals surface area contributed by atoms with Crippen molar-refractivity contribution in [2.75, 3.05) is 25.2 Å². The Morgan fingerprint density at radius 1 is 1.75 bits per heavy atom. The van der Waals surface area contributed by atoms with Crippen LogP contribution in [-0.2, 0) is 9.53 Å². The van der Waals surface area contributed by atoms with Gasteiger partial charge < -0.3 is 10.1 Å². The lowest BCUT2D eigenvalue weighted by Gasteiger charge is -2.06. The van der Waals surface area contributed by atoms with Gasteiger partial charge in [0, 0.05) is 0 Å². The maximum atomic E-state index is 10.9. The molecule has 0 saturated heterocycles. The molecule has 0 amide bonds. The van der Waals surface area contributed by atoms with Crippen molar-refractivity contribution >= 4 is 23.5 Å². The second-order valence-corrected chi connectivity index (χ2v) is 3.43. The normalized spacial score (nSPS) is 9.31. The van der Waals surface area contributed by atoms with Gasteiger partial charge in [-0.2, -0.15) is 5.26 Å². The minimum Gasteiger partial charge on any atom is -0.468 e. The molecule has 0 unspecified atom stereocenters. The summed E-state index contributed by atoms with van der Waals surface area (Å²) in [5.74, 6) is -0.0829. The van der Waals surface area contributed by atoms with Crippen LogP contribution in [0.2, 0.25) is 0 Å². The Balaban J connectivity index is 2.84. The number of aromatic nitrogens is 2. The minimum absolute atomic E-state index is 0.0317. The Morgan fingerprint density at radius 3 is 3.06 bits per heavy atom. The van der Waals surface area contributed by atoms with Gasteiger partial charge in [0.2, 0.25) is 0 Å². The van der Waals surface area contributed by atoms with E-state index < -0.39 is 5.97 Å². The molecule has 0 aliphatic carbocycles. The summed E-state index contributed by atoms with van der Waals surface area (Å²) in [7, 11) is 1.29. The first-order valence-corrected chi connectivity index (χ1v) is 5.55. The molecule has 0 fully saturated rings. The largest absolute Gasteiger partial charge is 0.468 e. The number of carbonyl (C=O) groups is 1. The van der Waals surface area contributed by atoms with Gasteiger partial charge in [-0.25, -0.2) is 9.97 Å². The molecule has 1 N–H and O–H groups in total. The van der Waals surface area contributed by atoms with Gasteiger partial charge in [0.25, 0.3) is 0 Å². The van der Waals surface area contributed by atoms with Gasteiger partial charge in [-0.15, -0.1) is 0 Å². The first-order chi connectivity index (χ1) is 7.71. The number of esters is 1.